The number of nitrogens with zero attached hydrogens (tertiary/aromatic N) is 3. The first-order valence-corrected chi connectivity index (χ1v) is 10.3. The molecule has 8 heteroatoms. The highest BCUT2D eigenvalue weighted by molar-refractivity contribution is 5.80. The zero-order chi connectivity index (χ0) is 20.0. The van der Waals surface area contributed by atoms with Gasteiger partial charge >= 0.3 is 0 Å². The van der Waals surface area contributed by atoms with Crippen LogP contribution >= 0.6 is 0 Å². The fourth-order valence-corrected chi connectivity index (χ4v) is 2.98. The molecule has 1 aromatic heterocycles. The molecular formula is C20H34FN5O2. The molecule has 1 saturated heterocycles. The smallest absolute Gasteiger partial charge is 0.191 e. The Kier molecular flexibility index (Phi) is 10.6. The Morgan fingerprint density at radius 3 is 2.86 bits per heavy atom. The molecule has 0 bridgehead atoms. The van der Waals surface area contributed by atoms with E-state index in [1.807, 2.05) is 11.8 Å². The molecule has 0 spiro atoms. The van der Waals surface area contributed by atoms with Crippen molar-refractivity contribution in [1.82, 2.24) is 15.6 Å². The van der Waals surface area contributed by atoms with E-state index in [1.54, 1.807) is 12.3 Å². The number of ether oxygens (including phenoxy) is 2. The maximum Gasteiger partial charge on any atom is 0.191 e. The molecule has 1 fully saturated rings. The first-order valence-electron chi connectivity index (χ1n) is 10.3. The predicted octanol–water partition coefficient (Wildman–Crippen LogP) is 2.19. The zero-order valence-corrected chi connectivity index (χ0v) is 17.1. The normalized spacial score (nSPS) is 17.2. The third-order valence-corrected chi connectivity index (χ3v) is 4.43. The largest absolute Gasteiger partial charge is 0.379 e. The molecule has 1 aromatic rings. The van der Waals surface area contributed by atoms with E-state index in [0.717, 1.165) is 44.9 Å². The molecule has 0 saturated carbocycles. The van der Waals surface area contributed by atoms with Crippen molar-refractivity contribution in [2.75, 3.05) is 57.5 Å². The molecule has 0 amide bonds. The second kappa shape index (κ2) is 13.3. The minimum absolute atomic E-state index is 0.201. The predicted molar refractivity (Wildman–Crippen MR) is 110 cm³/mol. The quantitative estimate of drug-likeness (QED) is 0.321. The van der Waals surface area contributed by atoms with Crippen LogP contribution in [0.25, 0.3) is 0 Å². The highest BCUT2D eigenvalue weighted by Gasteiger charge is 2.25. The van der Waals surface area contributed by atoms with Crippen molar-refractivity contribution < 1.29 is 13.9 Å². The van der Waals surface area contributed by atoms with Crippen LogP contribution in [0.15, 0.2) is 23.3 Å². The number of hydrogen-bond acceptors (Lipinski definition) is 5. The molecular weight excluding hydrogens is 361 g/mol. The molecule has 2 N–H and O–H groups in total. The van der Waals surface area contributed by atoms with Gasteiger partial charge in [-0.15, -0.1) is 0 Å². The number of nitrogens with one attached hydrogen (secondary N) is 2. The van der Waals surface area contributed by atoms with E-state index in [1.165, 1.54) is 6.07 Å². The van der Waals surface area contributed by atoms with Gasteiger partial charge in [0.1, 0.15) is 0 Å². The highest BCUT2D eigenvalue weighted by atomic mass is 19.1. The van der Waals surface area contributed by atoms with Crippen LogP contribution in [0.3, 0.4) is 0 Å². The van der Waals surface area contributed by atoms with Crippen LogP contribution in [0, 0.1) is 5.82 Å². The van der Waals surface area contributed by atoms with Crippen molar-refractivity contribution in [1.29, 1.82) is 0 Å². The monoisotopic (exact) mass is 395 g/mol. The van der Waals surface area contributed by atoms with Gasteiger partial charge in [0.05, 0.1) is 26.4 Å². The maximum atomic E-state index is 13.9. The van der Waals surface area contributed by atoms with Crippen LogP contribution in [0.2, 0.25) is 0 Å². The summed E-state index contributed by atoms with van der Waals surface area (Å²) in [5, 5.41) is 6.68. The fraction of sp³-hybridized carbons (Fsp3) is 0.700. The lowest BCUT2D eigenvalue weighted by molar-refractivity contribution is 0.0497. The zero-order valence-electron chi connectivity index (χ0n) is 17.1. The number of aliphatic imine (C=N–C) groups is 1. The summed E-state index contributed by atoms with van der Waals surface area (Å²) in [7, 11) is 0. The van der Waals surface area contributed by atoms with Crippen LogP contribution in [0.4, 0.5) is 10.2 Å². The van der Waals surface area contributed by atoms with E-state index < -0.39 is 0 Å². The van der Waals surface area contributed by atoms with Crippen LogP contribution in [0.5, 0.6) is 0 Å². The minimum atomic E-state index is -0.278. The molecule has 28 heavy (non-hydrogen) atoms. The van der Waals surface area contributed by atoms with E-state index in [9.17, 15) is 4.39 Å². The second-order valence-electron chi connectivity index (χ2n) is 6.72. The van der Waals surface area contributed by atoms with Crippen LogP contribution in [0.1, 0.15) is 33.1 Å². The molecule has 1 atom stereocenters. The van der Waals surface area contributed by atoms with Gasteiger partial charge in [-0.1, -0.05) is 13.3 Å². The van der Waals surface area contributed by atoms with E-state index in [-0.39, 0.29) is 11.9 Å². The number of rotatable bonds is 12. The summed E-state index contributed by atoms with van der Waals surface area (Å²) >= 11 is 0. The molecule has 0 aliphatic carbocycles. The van der Waals surface area contributed by atoms with E-state index in [0.29, 0.717) is 38.7 Å². The van der Waals surface area contributed by atoms with Crippen molar-refractivity contribution in [2.45, 2.75) is 39.2 Å². The van der Waals surface area contributed by atoms with Crippen molar-refractivity contribution in [2.24, 2.45) is 4.99 Å². The van der Waals surface area contributed by atoms with Crippen LogP contribution < -0.4 is 15.5 Å². The number of pyridine rings is 1. The number of aromatic nitrogens is 1. The molecule has 0 radical (unpaired) electrons. The third-order valence-electron chi connectivity index (χ3n) is 4.43. The van der Waals surface area contributed by atoms with E-state index in [2.05, 4.69) is 27.5 Å². The first-order chi connectivity index (χ1) is 13.7. The Hall–Kier alpha value is -1.93. The Bertz CT molecular complexity index is 587. The molecule has 158 valence electrons. The van der Waals surface area contributed by atoms with Gasteiger partial charge in [-0.3, -0.25) is 4.99 Å². The second-order valence-corrected chi connectivity index (χ2v) is 6.72. The summed E-state index contributed by atoms with van der Waals surface area (Å²) in [6.45, 7) is 9.59. The summed E-state index contributed by atoms with van der Waals surface area (Å²) in [4.78, 5) is 10.7. The van der Waals surface area contributed by atoms with Gasteiger partial charge in [0.15, 0.2) is 17.6 Å². The van der Waals surface area contributed by atoms with Gasteiger partial charge in [0.25, 0.3) is 0 Å². The molecule has 1 aliphatic heterocycles. The third kappa shape index (κ3) is 7.98. The molecule has 2 rings (SSSR count). The van der Waals surface area contributed by atoms with Crippen molar-refractivity contribution >= 4 is 11.8 Å². The van der Waals surface area contributed by atoms with Gasteiger partial charge in [0.2, 0.25) is 0 Å². The lowest BCUT2D eigenvalue weighted by Gasteiger charge is -2.20. The molecule has 2 heterocycles. The Labute approximate surface area is 167 Å². The number of halogens is 1. The number of hydrogen-bond donors (Lipinski definition) is 2. The van der Waals surface area contributed by atoms with Gasteiger partial charge in [0, 0.05) is 38.5 Å². The lowest BCUT2D eigenvalue weighted by atomic mass is 10.3. The van der Waals surface area contributed by atoms with Crippen molar-refractivity contribution in [3.63, 3.8) is 0 Å². The average molecular weight is 396 g/mol. The Morgan fingerprint density at radius 1 is 1.29 bits per heavy atom. The van der Waals surface area contributed by atoms with E-state index in [4.69, 9.17) is 9.47 Å². The molecule has 7 nitrogen and oxygen atoms in total. The molecule has 0 aromatic carbocycles. The highest BCUT2D eigenvalue weighted by Crippen LogP contribution is 2.20. The van der Waals surface area contributed by atoms with Crippen molar-refractivity contribution in [3.8, 4) is 0 Å². The van der Waals surface area contributed by atoms with Crippen LogP contribution in [-0.2, 0) is 9.47 Å². The van der Waals surface area contributed by atoms with Gasteiger partial charge in [-0.2, -0.15) is 0 Å². The average Bonchev–Trinajstić information content (AvgIpc) is 3.15. The van der Waals surface area contributed by atoms with E-state index >= 15 is 0 Å². The number of guanidine groups is 1. The van der Waals surface area contributed by atoms with Crippen molar-refractivity contribution in [3.05, 3.63) is 24.1 Å². The molecule has 1 unspecified atom stereocenters. The first kappa shape index (κ1) is 22.4. The van der Waals surface area contributed by atoms with Gasteiger partial charge in [-0.25, -0.2) is 9.37 Å². The Balaban J connectivity index is 1.69. The standard InChI is InChI=1S/C20H34FN5O2/c1-3-5-12-27-14-15-28-13-10-24-20(22-4-2)25-17-8-11-26(16-17)19-18(21)7-6-9-23-19/h6-7,9,17H,3-5,8,10-16H2,1-2H3,(H2,22,24,25). The lowest BCUT2D eigenvalue weighted by Crippen LogP contribution is -2.44. The summed E-state index contributed by atoms with van der Waals surface area (Å²) in [6, 6.07) is 3.26. The number of anilines is 1. The SMILES string of the molecule is CCCCOCCOCCN=C(NCC)NC1CCN(c2ncccc2F)C1. The summed E-state index contributed by atoms with van der Waals surface area (Å²) < 4.78 is 24.9. The summed E-state index contributed by atoms with van der Waals surface area (Å²) in [5.74, 6) is 0.904. The molecule has 1 aliphatic rings. The Morgan fingerprint density at radius 2 is 2.11 bits per heavy atom. The van der Waals surface area contributed by atoms with Gasteiger partial charge in [-0.05, 0) is 31.9 Å². The summed E-state index contributed by atoms with van der Waals surface area (Å²) in [6.07, 6.45) is 4.77. The minimum Gasteiger partial charge on any atom is -0.379 e. The number of unbranched alkanes of at least 4 members (excludes halogenated alkanes) is 1. The summed E-state index contributed by atoms with van der Waals surface area (Å²) in [5.41, 5.74) is 0. The fourth-order valence-electron chi connectivity index (χ4n) is 2.98. The maximum absolute atomic E-state index is 13.9. The van der Waals surface area contributed by atoms with Crippen LogP contribution in [-0.4, -0.2) is 69.6 Å². The van der Waals surface area contributed by atoms with Gasteiger partial charge < -0.3 is 25.0 Å². The topological polar surface area (TPSA) is 71.0 Å².